The van der Waals surface area contributed by atoms with Gasteiger partial charge in [0.1, 0.15) is 0 Å². The Bertz CT molecular complexity index is 361. The molecule has 0 heterocycles. The van der Waals surface area contributed by atoms with Gasteiger partial charge < -0.3 is 0 Å². The molecule has 2 N–H and O–H groups in total. The van der Waals surface area contributed by atoms with Crippen LogP contribution in [0.2, 0.25) is 0 Å². The lowest BCUT2D eigenvalue weighted by Gasteiger charge is -1.69. The molecule has 0 aromatic heterocycles. The van der Waals surface area contributed by atoms with Crippen molar-refractivity contribution in [2.75, 3.05) is 0 Å². The summed E-state index contributed by atoms with van der Waals surface area (Å²) in [6.07, 6.45) is 0. The number of hydrogen-bond acceptors (Lipinski definition) is 2. The van der Waals surface area contributed by atoms with Crippen molar-refractivity contribution >= 4 is 10.4 Å². The Morgan fingerprint density at radius 1 is 0.471 bits per heavy atom. The first-order valence-corrected chi connectivity index (χ1v) is 6.10. The van der Waals surface area contributed by atoms with Gasteiger partial charge in [-0.3, -0.25) is 9.11 Å². The molecule has 0 amide bonds. The van der Waals surface area contributed by atoms with Crippen molar-refractivity contribution in [1.82, 2.24) is 0 Å². The molecule has 92 valence electrons. The normalized spacial score (nSPS) is 9.06. The molecule has 0 saturated carbocycles. The standard InChI is InChI=1S/2C6H6.H2O4S/c2*1-2-4-6-5-3-1;1-5(2,3)4/h2*1-6H;(H2,1,2,3,4). The zero-order chi connectivity index (χ0) is 13.0. The average Bonchev–Trinajstić information content (AvgIpc) is 2.32. The summed E-state index contributed by atoms with van der Waals surface area (Å²) in [4.78, 5) is 0. The first kappa shape index (κ1) is 15.3. The van der Waals surface area contributed by atoms with Crippen LogP contribution in [0.4, 0.5) is 0 Å². The molecule has 0 aliphatic carbocycles. The fourth-order valence-corrected chi connectivity index (χ4v) is 0.770. The average molecular weight is 254 g/mol. The highest BCUT2D eigenvalue weighted by Gasteiger charge is 1.84. The predicted molar refractivity (Wildman–Crippen MR) is 67.1 cm³/mol. The molecule has 17 heavy (non-hydrogen) atoms. The van der Waals surface area contributed by atoms with Crippen molar-refractivity contribution in [2.24, 2.45) is 0 Å². The first-order valence-electron chi connectivity index (χ1n) is 4.70. The summed E-state index contributed by atoms with van der Waals surface area (Å²) in [7, 11) is -4.67. The second-order valence-electron chi connectivity index (χ2n) is 2.76. The SMILES string of the molecule is O=S(=O)(O)O.c1ccccc1.c1ccccc1. The fourth-order valence-electron chi connectivity index (χ4n) is 0.770. The second kappa shape index (κ2) is 9.53. The van der Waals surface area contributed by atoms with E-state index in [2.05, 4.69) is 0 Å². The molecule has 4 nitrogen and oxygen atoms in total. The molecule has 5 heteroatoms. The van der Waals surface area contributed by atoms with Crippen LogP contribution in [-0.4, -0.2) is 17.5 Å². The molecule has 0 fully saturated rings. The molecular weight excluding hydrogens is 240 g/mol. The Morgan fingerprint density at radius 2 is 0.529 bits per heavy atom. The van der Waals surface area contributed by atoms with Crippen LogP contribution in [-0.2, 0) is 10.4 Å². The lowest BCUT2D eigenvalue weighted by atomic mass is 10.4. The van der Waals surface area contributed by atoms with Crippen LogP contribution in [0.3, 0.4) is 0 Å². The number of rotatable bonds is 0. The largest absolute Gasteiger partial charge is 0.394 e. The summed E-state index contributed by atoms with van der Waals surface area (Å²) < 4.78 is 31.6. The Balaban J connectivity index is 0.000000228. The molecule has 0 atom stereocenters. The minimum absolute atomic E-state index is 2.00. The van der Waals surface area contributed by atoms with Crippen molar-refractivity contribution < 1.29 is 17.5 Å². The summed E-state index contributed by atoms with van der Waals surface area (Å²) >= 11 is 0. The van der Waals surface area contributed by atoms with Crippen molar-refractivity contribution in [3.8, 4) is 0 Å². The molecule has 0 radical (unpaired) electrons. The van der Waals surface area contributed by atoms with E-state index in [1.54, 1.807) is 0 Å². The lowest BCUT2D eigenvalue weighted by molar-refractivity contribution is 0.381. The van der Waals surface area contributed by atoms with E-state index < -0.39 is 10.4 Å². The van der Waals surface area contributed by atoms with Crippen LogP contribution in [0.25, 0.3) is 0 Å². The maximum Gasteiger partial charge on any atom is 0.394 e. The summed E-state index contributed by atoms with van der Waals surface area (Å²) in [6.45, 7) is 0. The summed E-state index contributed by atoms with van der Waals surface area (Å²) in [5.74, 6) is 0. The molecule has 2 rings (SSSR count). The molecule has 0 unspecified atom stereocenters. The van der Waals surface area contributed by atoms with E-state index in [0.29, 0.717) is 0 Å². The smallest absolute Gasteiger partial charge is 0.264 e. The van der Waals surface area contributed by atoms with Crippen LogP contribution in [0.15, 0.2) is 72.8 Å². The topological polar surface area (TPSA) is 74.6 Å². The van der Waals surface area contributed by atoms with Gasteiger partial charge in [0.25, 0.3) is 0 Å². The molecule has 2 aromatic rings. The lowest BCUT2D eigenvalue weighted by Crippen LogP contribution is -1.89. The Kier molecular flexibility index (Phi) is 8.58. The third-order valence-corrected chi connectivity index (χ3v) is 1.33. The molecule has 0 aliphatic rings. The monoisotopic (exact) mass is 254 g/mol. The van der Waals surface area contributed by atoms with E-state index in [1.165, 1.54) is 0 Å². The van der Waals surface area contributed by atoms with Gasteiger partial charge >= 0.3 is 10.4 Å². The van der Waals surface area contributed by atoms with Gasteiger partial charge in [-0.1, -0.05) is 72.8 Å². The summed E-state index contributed by atoms with van der Waals surface area (Å²) in [6, 6.07) is 24.0. The zero-order valence-corrected chi connectivity index (χ0v) is 9.86. The van der Waals surface area contributed by atoms with E-state index in [9.17, 15) is 0 Å². The Morgan fingerprint density at radius 3 is 0.588 bits per heavy atom. The quantitative estimate of drug-likeness (QED) is 0.709. The highest BCUT2D eigenvalue weighted by atomic mass is 32.3. The van der Waals surface area contributed by atoms with Crippen molar-refractivity contribution in [3.63, 3.8) is 0 Å². The zero-order valence-electron chi connectivity index (χ0n) is 9.05. The van der Waals surface area contributed by atoms with E-state index in [1.807, 2.05) is 72.8 Å². The van der Waals surface area contributed by atoms with Gasteiger partial charge in [-0.05, 0) is 0 Å². The minimum Gasteiger partial charge on any atom is -0.264 e. The molecule has 2 aromatic carbocycles. The third kappa shape index (κ3) is 20.4. The highest BCUT2D eigenvalue weighted by molar-refractivity contribution is 7.79. The molecule has 0 bridgehead atoms. The van der Waals surface area contributed by atoms with Gasteiger partial charge in [-0.2, -0.15) is 8.42 Å². The van der Waals surface area contributed by atoms with Crippen molar-refractivity contribution in [3.05, 3.63) is 72.8 Å². The van der Waals surface area contributed by atoms with Crippen LogP contribution < -0.4 is 0 Å². The Hall–Kier alpha value is -1.69. The maximum absolute atomic E-state index is 8.74. The van der Waals surface area contributed by atoms with Gasteiger partial charge in [0.15, 0.2) is 0 Å². The van der Waals surface area contributed by atoms with Gasteiger partial charge in [-0.15, -0.1) is 0 Å². The van der Waals surface area contributed by atoms with Crippen LogP contribution in [0.1, 0.15) is 0 Å². The molecular formula is C12H14O4S. The van der Waals surface area contributed by atoms with E-state index in [0.717, 1.165) is 0 Å². The van der Waals surface area contributed by atoms with Crippen LogP contribution in [0.5, 0.6) is 0 Å². The third-order valence-electron chi connectivity index (χ3n) is 1.33. The first-order chi connectivity index (χ1) is 8.00. The maximum atomic E-state index is 8.74. The number of hydrogen-bond donors (Lipinski definition) is 2. The summed E-state index contributed by atoms with van der Waals surface area (Å²) in [5.41, 5.74) is 0. The summed E-state index contributed by atoms with van der Waals surface area (Å²) in [5, 5.41) is 0. The van der Waals surface area contributed by atoms with Crippen molar-refractivity contribution in [2.45, 2.75) is 0 Å². The second-order valence-corrected chi connectivity index (χ2v) is 3.65. The van der Waals surface area contributed by atoms with Crippen LogP contribution >= 0.6 is 0 Å². The molecule has 0 aliphatic heterocycles. The van der Waals surface area contributed by atoms with Gasteiger partial charge in [0, 0.05) is 0 Å². The van der Waals surface area contributed by atoms with E-state index in [4.69, 9.17) is 17.5 Å². The van der Waals surface area contributed by atoms with Gasteiger partial charge in [0.05, 0.1) is 0 Å². The fraction of sp³-hybridized carbons (Fsp3) is 0. The predicted octanol–water partition coefficient (Wildman–Crippen LogP) is 2.72. The Labute approximate surface area is 101 Å². The van der Waals surface area contributed by atoms with E-state index >= 15 is 0 Å². The number of benzene rings is 2. The van der Waals surface area contributed by atoms with Gasteiger partial charge in [0.2, 0.25) is 0 Å². The van der Waals surface area contributed by atoms with Crippen molar-refractivity contribution in [1.29, 1.82) is 0 Å². The molecule has 0 saturated heterocycles. The minimum atomic E-state index is -4.67. The highest BCUT2D eigenvalue weighted by Crippen LogP contribution is 1.80. The van der Waals surface area contributed by atoms with E-state index in [-0.39, 0.29) is 0 Å². The van der Waals surface area contributed by atoms with Crippen LogP contribution in [0, 0.1) is 0 Å². The van der Waals surface area contributed by atoms with Gasteiger partial charge in [-0.25, -0.2) is 0 Å². The molecule has 0 spiro atoms.